The van der Waals surface area contributed by atoms with Gasteiger partial charge in [-0.15, -0.1) is 0 Å². The minimum Gasteiger partial charge on any atom is -0.493 e. The van der Waals surface area contributed by atoms with Crippen LogP contribution in [-0.4, -0.2) is 37.2 Å². The van der Waals surface area contributed by atoms with Crippen LogP contribution in [0.4, 0.5) is 0 Å². The van der Waals surface area contributed by atoms with E-state index in [9.17, 15) is 0 Å². The Morgan fingerprint density at radius 3 is 2.76 bits per heavy atom. The summed E-state index contributed by atoms with van der Waals surface area (Å²) in [5, 5.41) is 3.46. The maximum atomic E-state index is 6.00. The van der Waals surface area contributed by atoms with Crippen molar-refractivity contribution in [2.45, 2.75) is 45.7 Å². The molecular weight excluding hydrogens is 328 g/mol. The van der Waals surface area contributed by atoms with Gasteiger partial charge in [0.2, 0.25) is 0 Å². The Morgan fingerprint density at radius 1 is 1.29 bits per heavy atom. The second-order valence-corrected chi connectivity index (χ2v) is 6.95. The predicted molar refractivity (Wildman–Crippen MR) is 91.9 cm³/mol. The minimum absolute atomic E-state index is 0.479. The van der Waals surface area contributed by atoms with E-state index in [2.05, 4.69) is 58.2 Å². The van der Waals surface area contributed by atoms with E-state index in [0.29, 0.717) is 6.04 Å². The molecule has 4 heteroatoms. The molecule has 0 bridgehead atoms. The molecule has 118 valence electrons. The monoisotopic (exact) mass is 354 g/mol. The molecule has 1 heterocycles. The van der Waals surface area contributed by atoms with Gasteiger partial charge in [0.05, 0.1) is 6.61 Å². The molecule has 1 aliphatic heterocycles. The molecule has 1 N–H and O–H groups in total. The lowest BCUT2D eigenvalue weighted by molar-refractivity contribution is 0.261. The highest BCUT2D eigenvalue weighted by molar-refractivity contribution is 9.10. The number of hydrogen-bond acceptors (Lipinski definition) is 3. The summed E-state index contributed by atoms with van der Waals surface area (Å²) in [6.07, 6.45) is 3.82. The van der Waals surface area contributed by atoms with Crippen molar-refractivity contribution in [1.29, 1.82) is 0 Å². The van der Waals surface area contributed by atoms with E-state index in [1.807, 2.05) is 0 Å². The maximum absolute atomic E-state index is 6.00. The minimum atomic E-state index is 0.479. The zero-order chi connectivity index (χ0) is 15.1. The standard InChI is InChI=1S/C17H27BrN2O/c1-14(2)19-13-15-12-16(18)6-7-17(15)21-11-5-10-20-8-3-4-9-20/h6-7,12,14,19H,3-5,8-11,13H2,1-2H3. The van der Waals surface area contributed by atoms with Crippen LogP contribution in [0.2, 0.25) is 0 Å². The van der Waals surface area contributed by atoms with Gasteiger partial charge >= 0.3 is 0 Å². The van der Waals surface area contributed by atoms with Gasteiger partial charge in [-0.2, -0.15) is 0 Å². The van der Waals surface area contributed by atoms with Crippen LogP contribution in [0.3, 0.4) is 0 Å². The molecule has 0 unspecified atom stereocenters. The Hall–Kier alpha value is -0.580. The number of halogens is 1. The topological polar surface area (TPSA) is 24.5 Å². The number of likely N-dealkylation sites (tertiary alicyclic amines) is 1. The summed E-state index contributed by atoms with van der Waals surface area (Å²) in [5.74, 6) is 1.01. The maximum Gasteiger partial charge on any atom is 0.123 e. The largest absolute Gasteiger partial charge is 0.493 e. The van der Waals surface area contributed by atoms with Crippen molar-refractivity contribution in [1.82, 2.24) is 10.2 Å². The molecule has 1 fully saturated rings. The van der Waals surface area contributed by atoms with Crippen molar-refractivity contribution in [3.05, 3.63) is 28.2 Å². The molecule has 0 saturated carbocycles. The lowest BCUT2D eigenvalue weighted by Gasteiger charge is -2.16. The molecule has 0 spiro atoms. The van der Waals surface area contributed by atoms with Gasteiger partial charge in [-0.3, -0.25) is 0 Å². The molecule has 0 aliphatic carbocycles. The normalized spacial score (nSPS) is 15.8. The van der Waals surface area contributed by atoms with Crippen LogP contribution in [0, 0.1) is 0 Å². The Kier molecular flexibility index (Phi) is 7.00. The summed E-state index contributed by atoms with van der Waals surface area (Å²) in [7, 11) is 0. The van der Waals surface area contributed by atoms with Crippen molar-refractivity contribution in [2.75, 3.05) is 26.2 Å². The molecule has 2 rings (SSSR count). The average molecular weight is 355 g/mol. The van der Waals surface area contributed by atoms with Crippen LogP contribution < -0.4 is 10.1 Å². The summed E-state index contributed by atoms with van der Waals surface area (Å²) in [6, 6.07) is 6.74. The summed E-state index contributed by atoms with van der Waals surface area (Å²) in [6.45, 7) is 9.66. The second-order valence-electron chi connectivity index (χ2n) is 6.04. The third-order valence-electron chi connectivity index (χ3n) is 3.80. The second kappa shape index (κ2) is 8.76. The first-order valence-corrected chi connectivity index (χ1v) is 8.81. The number of hydrogen-bond donors (Lipinski definition) is 1. The molecule has 0 atom stereocenters. The van der Waals surface area contributed by atoms with Crippen molar-refractivity contribution in [3.63, 3.8) is 0 Å². The molecule has 0 radical (unpaired) electrons. The van der Waals surface area contributed by atoms with Crippen molar-refractivity contribution < 1.29 is 4.74 Å². The molecular formula is C17H27BrN2O. The van der Waals surface area contributed by atoms with Crippen LogP contribution in [0.15, 0.2) is 22.7 Å². The SMILES string of the molecule is CC(C)NCc1cc(Br)ccc1OCCCN1CCCC1. The third-order valence-corrected chi connectivity index (χ3v) is 4.29. The van der Waals surface area contributed by atoms with Crippen molar-refractivity contribution in [3.8, 4) is 5.75 Å². The van der Waals surface area contributed by atoms with Gasteiger partial charge in [0.25, 0.3) is 0 Å². The number of rotatable bonds is 8. The molecule has 1 aliphatic rings. The first-order valence-electron chi connectivity index (χ1n) is 8.02. The number of ether oxygens (including phenoxy) is 1. The smallest absolute Gasteiger partial charge is 0.123 e. The van der Waals surface area contributed by atoms with Crippen LogP contribution >= 0.6 is 15.9 Å². The van der Waals surface area contributed by atoms with E-state index in [1.165, 1.54) is 31.5 Å². The van der Waals surface area contributed by atoms with Gasteiger partial charge in [0, 0.05) is 29.2 Å². The van der Waals surface area contributed by atoms with Crippen molar-refractivity contribution in [2.24, 2.45) is 0 Å². The fourth-order valence-electron chi connectivity index (χ4n) is 2.62. The Labute approximate surface area is 137 Å². The van der Waals surface area contributed by atoms with Crippen molar-refractivity contribution >= 4 is 15.9 Å². The lowest BCUT2D eigenvalue weighted by atomic mass is 10.2. The van der Waals surface area contributed by atoms with Gasteiger partial charge < -0.3 is 15.0 Å². The Morgan fingerprint density at radius 2 is 2.05 bits per heavy atom. The summed E-state index contributed by atoms with van der Waals surface area (Å²) < 4.78 is 7.10. The molecule has 1 aromatic rings. The van der Waals surface area contributed by atoms with Gasteiger partial charge in [0.15, 0.2) is 0 Å². The van der Waals surface area contributed by atoms with E-state index >= 15 is 0 Å². The van der Waals surface area contributed by atoms with E-state index in [4.69, 9.17) is 4.74 Å². The molecule has 21 heavy (non-hydrogen) atoms. The predicted octanol–water partition coefficient (Wildman–Crippen LogP) is 3.81. The first kappa shape index (κ1) is 16.8. The van der Waals surface area contributed by atoms with E-state index < -0.39 is 0 Å². The fraction of sp³-hybridized carbons (Fsp3) is 0.647. The molecule has 0 amide bonds. The molecule has 3 nitrogen and oxygen atoms in total. The van der Waals surface area contributed by atoms with Gasteiger partial charge in [-0.25, -0.2) is 0 Å². The summed E-state index contributed by atoms with van der Waals surface area (Å²) in [5.41, 5.74) is 1.22. The molecule has 0 aromatic heterocycles. The average Bonchev–Trinajstić information content (AvgIpc) is 2.96. The van der Waals surface area contributed by atoms with Crippen LogP contribution in [0.5, 0.6) is 5.75 Å². The summed E-state index contributed by atoms with van der Waals surface area (Å²) in [4.78, 5) is 2.53. The highest BCUT2D eigenvalue weighted by Crippen LogP contribution is 2.23. The summed E-state index contributed by atoms with van der Waals surface area (Å²) >= 11 is 3.54. The highest BCUT2D eigenvalue weighted by atomic mass is 79.9. The Bertz CT molecular complexity index is 431. The first-order chi connectivity index (χ1) is 10.1. The number of nitrogens with zero attached hydrogens (tertiary/aromatic N) is 1. The fourth-order valence-corrected chi connectivity index (χ4v) is 3.03. The van der Waals surface area contributed by atoms with Crippen LogP contribution in [0.1, 0.15) is 38.7 Å². The lowest BCUT2D eigenvalue weighted by Crippen LogP contribution is -2.23. The zero-order valence-electron chi connectivity index (χ0n) is 13.2. The van der Waals surface area contributed by atoms with E-state index in [-0.39, 0.29) is 0 Å². The Balaban J connectivity index is 1.80. The highest BCUT2D eigenvalue weighted by Gasteiger charge is 2.11. The van der Waals surface area contributed by atoms with Gasteiger partial charge in [0.1, 0.15) is 5.75 Å². The quantitative estimate of drug-likeness (QED) is 0.718. The van der Waals surface area contributed by atoms with E-state index in [0.717, 1.165) is 36.3 Å². The van der Waals surface area contributed by atoms with E-state index in [1.54, 1.807) is 0 Å². The van der Waals surface area contributed by atoms with Crippen LogP contribution in [-0.2, 0) is 6.54 Å². The number of nitrogens with one attached hydrogen (secondary N) is 1. The van der Waals surface area contributed by atoms with Crippen LogP contribution in [0.25, 0.3) is 0 Å². The van der Waals surface area contributed by atoms with Gasteiger partial charge in [-0.1, -0.05) is 29.8 Å². The van der Waals surface area contributed by atoms with Gasteiger partial charge in [-0.05, 0) is 50.6 Å². The molecule has 1 aromatic carbocycles. The zero-order valence-corrected chi connectivity index (χ0v) is 14.8. The number of benzene rings is 1. The third kappa shape index (κ3) is 5.97. The molecule has 1 saturated heterocycles.